The highest BCUT2D eigenvalue weighted by Gasteiger charge is 2.30. The van der Waals surface area contributed by atoms with Gasteiger partial charge in [0, 0.05) is 25.7 Å². The Balaban J connectivity index is 5.28. The summed E-state index contributed by atoms with van der Waals surface area (Å²) in [6, 6.07) is 0. The van der Waals surface area contributed by atoms with E-state index in [1.54, 1.807) is 0 Å². The number of ether oxygens (including phenoxy) is 4. The molecule has 0 aliphatic carbocycles. The highest BCUT2D eigenvalue weighted by Crippen LogP contribution is 2.45. The second kappa shape index (κ2) is 56.1. The molecule has 0 amide bonds. The monoisotopic (exact) mass is 1250 g/mol. The third kappa shape index (κ3) is 57.0. The maximum Gasteiger partial charge on any atom is 0.472 e. The van der Waals surface area contributed by atoms with Gasteiger partial charge in [0.05, 0.1) is 26.4 Å². The minimum Gasteiger partial charge on any atom is -0.462 e. The van der Waals surface area contributed by atoms with Gasteiger partial charge in [0.2, 0.25) is 0 Å². The first-order valence-electron chi connectivity index (χ1n) is 34.3. The van der Waals surface area contributed by atoms with Crippen LogP contribution in [0.4, 0.5) is 0 Å². The van der Waals surface area contributed by atoms with E-state index in [1.165, 1.54) is 116 Å². The van der Waals surface area contributed by atoms with Gasteiger partial charge in [0.25, 0.3) is 0 Å². The summed E-state index contributed by atoms with van der Waals surface area (Å²) in [5, 5.41) is 10.6. The van der Waals surface area contributed by atoms with Gasteiger partial charge in [-0.2, -0.15) is 0 Å². The molecule has 0 aliphatic heterocycles. The molecule has 3 N–H and O–H groups in total. The topological polar surface area (TPSA) is 237 Å². The van der Waals surface area contributed by atoms with E-state index in [0.717, 1.165) is 120 Å². The zero-order chi connectivity index (χ0) is 63.2. The molecule has 0 heterocycles. The van der Waals surface area contributed by atoms with E-state index in [9.17, 15) is 43.2 Å². The van der Waals surface area contributed by atoms with Crippen LogP contribution in [0.15, 0.2) is 0 Å². The van der Waals surface area contributed by atoms with Gasteiger partial charge in [-0.25, -0.2) is 9.13 Å². The average Bonchev–Trinajstić information content (AvgIpc) is 3.47. The summed E-state index contributed by atoms with van der Waals surface area (Å²) in [5.41, 5.74) is 0. The van der Waals surface area contributed by atoms with Crippen LogP contribution in [0, 0.1) is 23.7 Å². The number of carbonyl (C=O) groups is 4. The van der Waals surface area contributed by atoms with Crippen LogP contribution in [0.3, 0.4) is 0 Å². The van der Waals surface area contributed by atoms with E-state index in [-0.39, 0.29) is 25.7 Å². The Morgan fingerprint density at radius 3 is 0.835 bits per heavy atom. The highest BCUT2D eigenvalue weighted by molar-refractivity contribution is 7.47. The summed E-state index contributed by atoms with van der Waals surface area (Å²) in [4.78, 5) is 72.3. The minimum absolute atomic E-state index is 0.103. The standard InChI is InChI=1S/C66H128O17P2/c1-9-57(6)43-35-27-19-13-16-22-32-40-48-65(70)82-61(52-76-63(68)46-38-30-21-15-12-18-26-34-42-56(4)5)54-80-84(72,73)78-50-60(67)51-79-85(74,75)81-55-62(53-77-64(69)47-39-31-25-24-29-37-45-59(8)11-3)83-66(71)49-41-33-23-17-14-20-28-36-44-58(7)10-2/h56-62,67H,9-55H2,1-8H3,(H,72,73)(H,74,75)/t57?,58?,59?,60-,61-,62-/m1/s1. The molecule has 504 valence electrons. The van der Waals surface area contributed by atoms with Crippen LogP contribution in [-0.2, 0) is 65.4 Å². The van der Waals surface area contributed by atoms with Crippen molar-refractivity contribution in [1.29, 1.82) is 0 Å². The van der Waals surface area contributed by atoms with Crippen molar-refractivity contribution in [3.05, 3.63) is 0 Å². The van der Waals surface area contributed by atoms with E-state index >= 15 is 0 Å². The lowest BCUT2D eigenvalue weighted by atomic mass is 9.99. The van der Waals surface area contributed by atoms with Gasteiger partial charge in [-0.1, -0.05) is 267 Å². The molecule has 0 aromatic heterocycles. The fourth-order valence-corrected chi connectivity index (χ4v) is 11.3. The normalized spacial score (nSPS) is 15.3. The molecule has 85 heavy (non-hydrogen) atoms. The number of rotatable bonds is 63. The summed E-state index contributed by atoms with van der Waals surface area (Å²) < 4.78 is 68.1. The Kier molecular flexibility index (Phi) is 54.8. The molecular weight excluding hydrogens is 1130 g/mol. The number of phosphoric acid groups is 2. The number of phosphoric ester groups is 2. The zero-order valence-electron chi connectivity index (χ0n) is 55.2. The predicted molar refractivity (Wildman–Crippen MR) is 340 cm³/mol. The van der Waals surface area contributed by atoms with Crippen molar-refractivity contribution in [2.75, 3.05) is 39.6 Å². The predicted octanol–water partition coefficient (Wildman–Crippen LogP) is 18.1. The van der Waals surface area contributed by atoms with Crippen molar-refractivity contribution in [2.45, 2.75) is 337 Å². The first-order valence-corrected chi connectivity index (χ1v) is 37.3. The van der Waals surface area contributed by atoms with Crippen LogP contribution in [0.2, 0.25) is 0 Å². The van der Waals surface area contributed by atoms with Crippen LogP contribution in [0.1, 0.15) is 319 Å². The Labute approximate surface area is 517 Å². The summed E-state index contributed by atoms with van der Waals surface area (Å²) in [6.45, 7) is 14.0. The Hall–Kier alpha value is -1.94. The van der Waals surface area contributed by atoms with Crippen molar-refractivity contribution < 1.29 is 80.2 Å². The third-order valence-electron chi connectivity index (χ3n) is 16.2. The highest BCUT2D eigenvalue weighted by atomic mass is 31.2. The lowest BCUT2D eigenvalue weighted by Crippen LogP contribution is -2.30. The molecule has 0 saturated carbocycles. The molecule has 17 nitrogen and oxygen atoms in total. The second-order valence-corrected chi connectivity index (χ2v) is 28.0. The molecule has 0 rings (SSSR count). The number of aliphatic hydroxyl groups excluding tert-OH is 1. The van der Waals surface area contributed by atoms with Gasteiger partial charge in [-0.3, -0.25) is 37.3 Å². The summed E-state index contributed by atoms with van der Waals surface area (Å²) in [6.07, 6.45) is 36.1. The lowest BCUT2D eigenvalue weighted by molar-refractivity contribution is -0.161. The first-order chi connectivity index (χ1) is 40.7. The Morgan fingerprint density at radius 1 is 0.329 bits per heavy atom. The van der Waals surface area contributed by atoms with Gasteiger partial charge in [-0.15, -0.1) is 0 Å². The zero-order valence-corrected chi connectivity index (χ0v) is 57.0. The summed E-state index contributed by atoms with van der Waals surface area (Å²) in [5.74, 6) is 0.857. The van der Waals surface area contributed by atoms with E-state index in [0.29, 0.717) is 25.7 Å². The van der Waals surface area contributed by atoms with Crippen molar-refractivity contribution in [1.82, 2.24) is 0 Å². The molecule has 0 spiro atoms. The molecular formula is C66H128O17P2. The molecule has 19 heteroatoms. The largest absolute Gasteiger partial charge is 0.472 e. The van der Waals surface area contributed by atoms with Crippen molar-refractivity contribution in [3.8, 4) is 0 Å². The molecule has 0 radical (unpaired) electrons. The van der Waals surface area contributed by atoms with Gasteiger partial charge in [0.1, 0.15) is 19.3 Å². The smallest absolute Gasteiger partial charge is 0.462 e. The first kappa shape index (κ1) is 83.1. The Bertz CT molecular complexity index is 1700. The van der Waals surface area contributed by atoms with Crippen molar-refractivity contribution >= 4 is 39.5 Å². The number of carbonyl (C=O) groups excluding carboxylic acids is 4. The van der Waals surface area contributed by atoms with Gasteiger partial charge >= 0.3 is 39.5 Å². The third-order valence-corrected chi connectivity index (χ3v) is 18.1. The van der Waals surface area contributed by atoms with E-state index in [4.69, 9.17) is 37.0 Å². The maximum atomic E-state index is 13.0. The Morgan fingerprint density at radius 2 is 0.565 bits per heavy atom. The maximum absolute atomic E-state index is 13.0. The molecule has 8 atom stereocenters. The minimum atomic E-state index is -4.95. The molecule has 0 fully saturated rings. The fraction of sp³-hybridized carbons (Fsp3) is 0.939. The second-order valence-electron chi connectivity index (χ2n) is 25.1. The molecule has 0 bridgehead atoms. The van der Waals surface area contributed by atoms with Crippen LogP contribution in [0.5, 0.6) is 0 Å². The molecule has 0 aromatic rings. The summed E-state index contributed by atoms with van der Waals surface area (Å²) >= 11 is 0. The van der Waals surface area contributed by atoms with Crippen molar-refractivity contribution in [2.24, 2.45) is 23.7 Å². The number of unbranched alkanes of at least 4 members (excludes halogenated alkanes) is 26. The number of hydrogen-bond acceptors (Lipinski definition) is 15. The van der Waals surface area contributed by atoms with Gasteiger partial charge in [0.15, 0.2) is 12.2 Å². The van der Waals surface area contributed by atoms with Crippen LogP contribution in [-0.4, -0.2) is 96.7 Å². The van der Waals surface area contributed by atoms with Crippen molar-refractivity contribution in [3.63, 3.8) is 0 Å². The average molecular weight is 1260 g/mol. The lowest BCUT2D eigenvalue weighted by Gasteiger charge is -2.21. The van der Waals surface area contributed by atoms with Crippen LogP contribution >= 0.6 is 15.6 Å². The molecule has 0 aliphatic rings. The molecule has 5 unspecified atom stereocenters. The fourth-order valence-electron chi connectivity index (χ4n) is 9.69. The van der Waals surface area contributed by atoms with Crippen LogP contribution < -0.4 is 0 Å². The van der Waals surface area contributed by atoms with Crippen LogP contribution in [0.25, 0.3) is 0 Å². The molecule has 0 saturated heterocycles. The van der Waals surface area contributed by atoms with E-state index in [2.05, 4.69) is 55.4 Å². The van der Waals surface area contributed by atoms with E-state index in [1.807, 2.05) is 0 Å². The quantitative estimate of drug-likeness (QED) is 0.0222. The number of hydrogen-bond donors (Lipinski definition) is 3. The number of aliphatic hydroxyl groups is 1. The summed E-state index contributed by atoms with van der Waals surface area (Å²) in [7, 11) is -9.90. The van der Waals surface area contributed by atoms with Gasteiger partial charge < -0.3 is 33.8 Å². The van der Waals surface area contributed by atoms with Gasteiger partial charge in [-0.05, 0) is 49.4 Å². The number of esters is 4. The van der Waals surface area contributed by atoms with E-state index < -0.39 is 97.5 Å². The molecule has 0 aromatic carbocycles. The SMILES string of the molecule is CCC(C)CCCCCCCCCCC(=O)O[C@H](COC(=O)CCCCCCCCCCC(C)C)COP(=O)(O)OC[C@@H](O)COP(=O)(O)OC[C@@H](COC(=O)CCCCCCCCC(C)CC)OC(=O)CCCCCCCCCCC(C)CC.